The number of nitrogens with zero attached hydrogens (tertiary/aromatic N) is 1. The molecule has 28 heavy (non-hydrogen) atoms. The third kappa shape index (κ3) is 4.36. The van der Waals surface area contributed by atoms with Gasteiger partial charge in [-0.25, -0.2) is 0 Å². The Morgan fingerprint density at radius 2 is 1.71 bits per heavy atom. The van der Waals surface area contributed by atoms with Gasteiger partial charge in [-0.2, -0.15) is 13.2 Å². The molecule has 1 aliphatic rings. The second-order valence-corrected chi connectivity index (χ2v) is 6.08. The van der Waals surface area contributed by atoms with E-state index in [0.29, 0.717) is 17.9 Å². The highest BCUT2D eigenvalue weighted by Crippen LogP contribution is 2.34. The summed E-state index contributed by atoms with van der Waals surface area (Å²) in [5, 5.41) is 9.15. The SMILES string of the molecule is O=C(O)CN(Cc1ccc(C(F)(F)F)cc1)C(=O)c1cccc2c1OCCO2. The molecule has 0 saturated carbocycles. The lowest BCUT2D eigenvalue weighted by molar-refractivity contribution is -0.138. The van der Waals surface area contributed by atoms with Crippen molar-refractivity contribution in [3.05, 3.63) is 59.2 Å². The largest absolute Gasteiger partial charge is 0.486 e. The van der Waals surface area contributed by atoms with Crippen LogP contribution in [0.4, 0.5) is 13.2 Å². The minimum Gasteiger partial charge on any atom is -0.486 e. The van der Waals surface area contributed by atoms with Gasteiger partial charge in [-0.05, 0) is 29.8 Å². The monoisotopic (exact) mass is 395 g/mol. The first kappa shape index (κ1) is 19.5. The average Bonchev–Trinajstić information content (AvgIpc) is 2.66. The second kappa shape index (κ2) is 7.79. The second-order valence-electron chi connectivity index (χ2n) is 6.08. The number of benzene rings is 2. The molecule has 9 heteroatoms. The Hall–Kier alpha value is -3.23. The van der Waals surface area contributed by atoms with Crippen LogP contribution in [0.2, 0.25) is 0 Å². The minimum absolute atomic E-state index is 0.130. The van der Waals surface area contributed by atoms with Gasteiger partial charge in [0.05, 0.1) is 11.1 Å². The summed E-state index contributed by atoms with van der Waals surface area (Å²) in [6.07, 6.45) is -4.48. The Morgan fingerprint density at radius 3 is 2.36 bits per heavy atom. The predicted octanol–water partition coefficient (Wildman–Crippen LogP) is 3.20. The molecule has 1 heterocycles. The van der Waals surface area contributed by atoms with E-state index < -0.39 is 30.2 Å². The van der Waals surface area contributed by atoms with Crippen LogP contribution >= 0.6 is 0 Å². The minimum atomic E-state index is -4.48. The number of carbonyl (C=O) groups excluding carboxylic acids is 1. The smallest absolute Gasteiger partial charge is 0.416 e. The van der Waals surface area contributed by atoms with E-state index in [1.165, 1.54) is 18.2 Å². The molecule has 0 unspecified atom stereocenters. The Balaban J connectivity index is 1.86. The molecule has 3 rings (SSSR count). The summed E-state index contributed by atoms with van der Waals surface area (Å²) in [5.74, 6) is -1.27. The van der Waals surface area contributed by atoms with Crippen LogP contribution in [0.25, 0.3) is 0 Å². The lowest BCUT2D eigenvalue weighted by atomic mass is 10.1. The summed E-state index contributed by atoms with van der Waals surface area (Å²) >= 11 is 0. The number of halogens is 3. The van der Waals surface area contributed by atoms with Crippen molar-refractivity contribution in [2.45, 2.75) is 12.7 Å². The number of amides is 1. The summed E-state index contributed by atoms with van der Waals surface area (Å²) in [7, 11) is 0. The van der Waals surface area contributed by atoms with Crippen LogP contribution in [0.15, 0.2) is 42.5 Å². The maximum Gasteiger partial charge on any atom is 0.416 e. The first-order chi connectivity index (χ1) is 13.3. The molecule has 0 aromatic heterocycles. The molecule has 0 spiro atoms. The third-order valence-electron chi connectivity index (χ3n) is 4.06. The Morgan fingerprint density at radius 1 is 1.04 bits per heavy atom. The lowest BCUT2D eigenvalue weighted by Gasteiger charge is -2.25. The highest BCUT2D eigenvalue weighted by Gasteiger charge is 2.30. The summed E-state index contributed by atoms with van der Waals surface area (Å²) in [4.78, 5) is 25.2. The molecular formula is C19H16F3NO5. The number of rotatable bonds is 5. The molecule has 2 aromatic rings. The molecule has 148 valence electrons. The van der Waals surface area contributed by atoms with Crippen molar-refractivity contribution >= 4 is 11.9 Å². The maximum atomic E-state index is 12.9. The van der Waals surface area contributed by atoms with Gasteiger partial charge in [0.15, 0.2) is 11.5 Å². The van der Waals surface area contributed by atoms with E-state index in [-0.39, 0.29) is 24.5 Å². The van der Waals surface area contributed by atoms with E-state index in [1.807, 2.05) is 0 Å². The number of ether oxygens (including phenoxy) is 2. The highest BCUT2D eigenvalue weighted by molar-refractivity contribution is 5.99. The van der Waals surface area contributed by atoms with Gasteiger partial charge in [0.1, 0.15) is 19.8 Å². The molecule has 1 aliphatic heterocycles. The summed E-state index contributed by atoms with van der Waals surface area (Å²) in [6.45, 7) is -0.220. The molecule has 0 bridgehead atoms. The summed E-state index contributed by atoms with van der Waals surface area (Å²) in [6, 6.07) is 8.90. The van der Waals surface area contributed by atoms with Gasteiger partial charge in [-0.1, -0.05) is 18.2 Å². The van der Waals surface area contributed by atoms with Gasteiger partial charge < -0.3 is 19.5 Å². The zero-order chi connectivity index (χ0) is 20.3. The van der Waals surface area contributed by atoms with Crippen LogP contribution in [-0.2, 0) is 17.5 Å². The van der Waals surface area contributed by atoms with Gasteiger partial charge in [0.25, 0.3) is 5.91 Å². The van der Waals surface area contributed by atoms with Crippen molar-refractivity contribution in [2.75, 3.05) is 19.8 Å². The van der Waals surface area contributed by atoms with Gasteiger partial charge in [-0.3, -0.25) is 9.59 Å². The number of fused-ring (bicyclic) bond motifs is 1. The van der Waals surface area contributed by atoms with Crippen molar-refractivity contribution in [3.63, 3.8) is 0 Å². The van der Waals surface area contributed by atoms with Crippen LogP contribution in [0.1, 0.15) is 21.5 Å². The molecule has 6 nitrogen and oxygen atoms in total. The maximum absolute atomic E-state index is 12.9. The zero-order valence-corrected chi connectivity index (χ0v) is 14.5. The van der Waals surface area contributed by atoms with Crippen LogP contribution in [0.5, 0.6) is 11.5 Å². The number of alkyl halides is 3. The van der Waals surface area contributed by atoms with Crippen LogP contribution < -0.4 is 9.47 Å². The molecule has 1 amide bonds. The lowest BCUT2D eigenvalue weighted by Crippen LogP contribution is -2.35. The van der Waals surface area contributed by atoms with Crippen molar-refractivity contribution in [1.29, 1.82) is 0 Å². The van der Waals surface area contributed by atoms with E-state index in [0.717, 1.165) is 17.0 Å². The quantitative estimate of drug-likeness (QED) is 0.842. The number of hydrogen-bond donors (Lipinski definition) is 1. The topological polar surface area (TPSA) is 76.1 Å². The number of carboxylic acids is 1. The van der Waals surface area contributed by atoms with E-state index in [4.69, 9.17) is 14.6 Å². The number of carboxylic acid groups (broad SMARTS) is 1. The molecule has 0 radical (unpaired) electrons. The molecule has 0 atom stereocenters. The highest BCUT2D eigenvalue weighted by atomic mass is 19.4. The molecule has 0 saturated heterocycles. The van der Waals surface area contributed by atoms with Crippen molar-refractivity contribution in [1.82, 2.24) is 4.90 Å². The average molecular weight is 395 g/mol. The van der Waals surface area contributed by atoms with Crippen LogP contribution in [-0.4, -0.2) is 41.6 Å². The van der Waals surface area contributed by atoms with Crippen molar-refractivity contribution < 1.29 is 37.3 Å². The fraction of sp³-hybridized carbons (Fsp3) is 0.263. The van der Waals surface area contributed by atoms with E-state index in [9.17, 15) is 22.8 Å². The van der Waals surface area contributed by atoms with Crippen LogP contribution in [0, 0.1) is 0 Å². The molecule has 1 N–H and O–H groups in total. The Labute approximate surface area is 158 Å². The van der Waals surface area contributed by atoms with E-state index in [1.54, 1.807) is 12.1 Å². The fourth-order valence-corrected chi connectivity index (χ4v) is 2.79. The van der Waals surface area contributed by atoms with Gasteiger partial charge >= 0.3 is 12.1 Å². The number of para-hydroxylation sites is 1. The molecule has 0 fully saturated rings. The normalized spacial score (nSPS) is 13.1. The molecular weight excluding hydrogens is 379 g/mol. The zero-order valence-electron chi connectivity index (χ0n) is 14.5. The van der Waals surface area contributed by atoms with Crippen molar-refractivity contribution in [2.24, 2.45) is 0 Å². The van der Waals surface area contributed by atoms with Crippen molar-refractivity contribution in [3.8, 4) is 11.5 Å². The van der Waals surface area contributed by atoms with Gasteiger partial charge in [-0.15, -0.1) is 0 Å². The van der Waals surface area contributed by atoms with E-state index in [2.05, 4.69) is 0 Å². The molecule has 2 aromatic carbocycles. The number of hydrogen-bond acceptors (Lipinski definition) is 4. The Bertz CT molecular complexity index is 880. The summed E-state index contributed by atoms with van der Waals surface area (Å²) in [5.41, 5.74) is -0.329. The first-order valence-corrected chi connectivity index (χ1v) is 8.31. The predicted molar refractivity (Wildman–Crippen MR) is 91.3 cm³/mol. The van der Waals surface area contributed by atoms with E-state index >= 15 is 0 Å². The van der Waals surface area contributed by atoms with Gasteiger partial charge in [0.2, 0.25) is 0 Å². The van der Waals surface area contributed by atoms with Gasteiger partial charge in [0, 0.05) is 6.54 Å². The fourth-order valence-electron chi connectivity index (χ4n) is 2.79. The third-order valence-corrected chi connectivity index (χ3v) is 4.06. The first-order valence-electron chi connectivity index (χ1n) is 8.31. The Kier molecular flexibility index (Phi) is 5.43. The standard InChI is InChI=1S/C19H16F3NO5/c20-19(21,22)13-6-4-12(5-7-13)10-23(11-16(24)25)18(26)14-2-1-3-15-17(14)28-9-8-27-15/h1-7H,8-11H2,(H,24,25). The van der Waals surface area contributed by atoms with Crippen LogP contribution in [0.3, 0.4) is 0 Å². The summed E-state index contributed by atoms with van der Waals surface area (Å²) < 4.78 is 49.0. The number of carbonyl (C=O) groups is 2. The number of aliphatic carboxylic acids is 1. The molecule has 0 aliphatic carbocycles.